The molecule has 0 aliphatic carbocycles. The van der Waals surface area contributed by atoms with Crippen LogP contribution in [0.25, 0.3) is 0 Å². The first-order valence-electron chi connectivity index (χ1n) is 4.15. The maximum Gasteiger partial charge on any atom is 0.306 e. The summed E-state index contributed by atoms with van der Waals surface area (Å²) in [6.07, 6.45) is -1.91. The molecule has 80 valence electrons. The van der Waals surface area contributed by atoms with Gasteiger partial charge in [-0.1, -0.05) is 12.1 Å². The topological polar surface area (TPSA) is 101 Å². The number of carboxylic acid groups (broad SMARTS) is 1. The van der Waals surface area contributed by atoms with Gasteiger partial charge in [0, 0.05) is 6.07 Å². The second-order valence-electron chi connectivity index (χ2n) is 2.93. The van der Waals surface area contributed by atoms with Gasteiger partial charge >= 0.3 is 5.97 Å². The van der Waals surface area contributed by atoms with Gasteiger partial charge in [-0.15, -0.1) is 0 Å². The van der Waals surface area contributed by atoms with Crippen molar-refractivity contribution < 1.29 is 19.9 Å². The molecule has 0 spiro atoms. The third-order valence-electron chi connectivity index (χ3n) is 1.86. The van der Waals surface area contributed by atoms with E-state index in [1.165, 1.54) is 24.3 Å². The lowest BCUT2D eigenvalue weighted by molar-refractivity contribution is -0.386. The Bertz CT molecular complexity index is 390. The van der Waals surface area contributed by atoms with Gasteiger partial charge in [0.2, 0.25) is 0 Å². The van der Waals surface area contributed by atoms with E-state index in [9.17, 15) is 20.0 Å². The van der Waals surface area contributed by atoms with E-state index < -0.39 is 23.4 Å². The number of nitro benzene ring substituents is 1. The summed E-state index contributed by atoms with van der Waals surface area (Å²) in [7, 11) is 0. The van der Waals surface area contributed by atoms with Gasteiger partial charge in [0.05, 0.1) is 23.0 Å². The molecule has 2 N–H and O–H groups in total. The van der Waals surface area contributed by atoms with Crippen molar-refractivity contribution in [3.63, 3.8) is 0 Å². The minimum atomic E-state index is -1.36. The fourth-order valence-electron chi connectivity index (χ4n) is 1.21. The van der Waals surface area contributed by atoms with Crippen LogP contribution < -0.4 is 0 Å². The Morgan fingerprint density at radius 2 is 2.07 bits per heavy atom. The van der Waals surface area contributed by atoms with Gasteiger partial charge < -0.3 is 10.2 Å². The van der Waals surface area contributed by atoms with E-state index in [1.54, 1.807) is 0 Å². The molecule has 0 bridgehead atoms. The Labute approximate surface area is 84.9 Å². The van der Waals surface area contributed by atoms with Gasteiger partial charge in [0.25, 0.3) is 5.69 Å². The average Bonchev–Trinajstić information content (AvgIpc) is 2.16. The van der Waals surface area contributed by atoms with Gasteiger partial charge in [-0.3, -0.25) is 14.9 Å². The first kappa shape index (κ1) is 11.1. The highest BCUT2D eigenvalue weighted by Crippen LogP contribution is 2.26. The second-order valence-corrected chi connectivity index (χ2v) is 2.93. The molecule has 0 fully saturated rings. The highest BCUT2D eigenvalue weighted by atomic mass is 16.6. The summed E-state index contributed by atoms with van der Waals surface area (Å²) < 4.78 is 0. The number of benzene rings is 1. The van der Waals surface area contributed by atoms with Crippen LogP contribution in [0.4, 0.5) is 5.69 Å². The quantitative estimate of drug-likeness (QED) is 0.573. The zero-order valence-corrected chi connectivity index (χ0v) is 7.66. The van der Waals surface area contributed by atoms with Crippen molar-refractivity contribution in [2.24, 2.45) is 0 Å². The summed E-state index contributed by atoms with van der Waals surface area (Å²) in [6, 6.07) is 5.52. The van der Waals surface area contributed by atoms with Crippen molar-refractivity contribution in [3.8, 4) is 0 Å². The molecule has 0 heterocycles. The number of hydrogen-bond acceptors (Lipinski definition) is 4. The smallest absolute Gasteiger partial charge is 0.306 e. The lowest BCUT2D eigenvalue weighted by Gasteiger charge is -2.07. The number of carboxylic acids is 1. The lowest BCUT2D eigenvalue weighted by atomic mass is 10.0. The van der Waals surface area contributed by atoms with Crippen LogP contribution in [0.5, 0.6) is 0 Å². The van der Waals surface area contributed by atoms with E-state index in [0.29, 0.717) is 0 Å². The number of para-hydroxylation sites is 1. The van der Waals surface area contributed by atoms with E-state index >= 15 is 0 Å². The molecule has 1 atom stereocenters. The number of carbonyl (C=O) groups is 1. The molecule has 1 rings (SSSR count). The van der Waals surface area contributed by atoms with Crippen molar-refractivity contribution in [1.82, 2.24) is 0 Å². The summed E-state index contributed by atoms with van der Waals surface area (Å²) in [5.41, 5.74) is -0.254. The predicted molar refractivity (Wildman–Crippen MR) is 50.3 cm³/mol. The van der Waals surface area contributed by atoms with Crippen LogP contribution in [-0.4, -0.2) is 21.1 Å². The molecule has 0 unspecified atom stereocenters. The number of aliphatic carboxylic acids is 1. The minimum absolute atomic E-state index is 0.0184. The third-order valence-corrected chi connectivity index (χ3v) is 1.86. The SMILES string of the molecule is O=C(O)C[C@H](O)c1ccccc1[N+](=O)[O-]. The van der Waals surface area contributed by atoms with Crippen LogP contribution in [0.3, 0.4) is 0 Å². The van der Waals surface area contributed by atoms with E-state index in [0.717, 1.165) is 0 Å². The van der Waals surface area contributed by atoms with E-state index in [1.807, 2.05) is 0 Å². The highest BCUT2D eigenvalue weighted by Gasteiger charge is 2.21. The van der Waals surface area contributed by atoms with Crippen molar-refractivity contribution in [2.75, 3.05) is 0 Å². The maximum atomic E-state index is 10.6. The van der Waals surface area contributed by atoms with Gasteiger partial charge in [-0.05, 0) is 6.07 Å². The van der Waals surface area contributed by atoms with Gasteiger partial charge in [0.15, 0.2) is 0 Å². The summed E-state index contributed by atoms with van der Waals surface area (Å²) >= 11 is 0. The number of aliphatic hydroxyl groups is 1. The number of hydrogen-bond donors (Lipinski definition) is 2. The molecule has 1 aromatic rings. The van der Waals surface area contributed by atoms with E-state index in [2.05, 4.69) is 0 Å². The molecule has 1 aromatic carbocycles. The summed E-state index contributed by atoms with van der Waals surface area (Å²) in [5, 5.41) is 28.4. The predicted octanol–water partition coefficient (Wildman–Crippen LogP) is 1.10. The Kier molecular flexibility index (Phi) is 3.35. The molecule has 0 radical (unpaired) electrons. The van der Waals surface area contributed by atoms with Crippen molar-refractivity contribution in [1.29, 1.82) is 0 Å². The van der Waals surface area contributed by atoms with E-state index in [4.69, 9.17) is 5.11 Å². The molecular weight excluding hydrogens is 202 g/mol. The average molecular weight is 211 g/mol. The molecule has 0 aromatic heterocycles. The number of nitro groups is 1. The number of nitrogens with zero attached hydrogens (tertiary/aromatic N) is 1. The van der Waals surface area contributed by atoms with Crippen LogP contribution >= 0.6 is 0 Å². The highest BCUT2D eigenvalue weighted by molar-refractivity contribution is 5.68. The fourth-order valence-corrected chi connectivity index (χ4v) is 1.21. The van der Waals surface area contributed by atoms with Gasteiger partial charge in [-0.25, -0.2) is 0 Å². The maximum absolute atomic E-state index is 10.6. The summed E-state index contributed by atoms with van der Waals surface area (Å²) in [5.74, 6) is -1.21. The Balaban J connectivity index is 3.02. The normalized spacial score (nSPS) is 12.1. The molecular formula is C9H9NO5. The third kappa shape index (κ3) is 2.75. The molecule has 0 saturated carbocycles. The van der Waals surface area contributed by atoms with Crippen LogP contribution in [0.1, 0.15) is 18.1 Å². The Hall–Kier alpha value is -1.95. The zero-order chi connectivity index (χ0) is 11.4. The monoisotopic (exact) mass is 211 g/mol. The lowest BCUT2D eigenvalue weighted by Crippen LogP contribution is -2.07. The molecule has 0 aliphatic rings. The van der Waals surface area contributed by atoms with Crippen molar-refractivity contribution >= 4 is 11.7 Å². The molecule has 6 nitrogen and oxygen atoms in total. The molecule has 6 heteroatoms. The van der Waals surface area contributed by atoms with Crippen LogP contribution in [-0.2, 0) is 4.79 Å². The van der Waals surface area contributed by atoms with Crippen LogP contribution in [0, 0.1) is 10.1 Å². The molecule has 0 saturated heterocycles. The van der Waals surface area contributed by atoms with Crippen LogP contribution in [0.2, 0.25) is 0 Å². The summed E-state index contributed by atoms with van der Waals surface area (Å²) in [4.78, 5) is 20.2. The Morgan fingerprint density at radius 1 is 1.47 bits per heavy atom. The number of aliphatic hydroxyl groups excluding tert-OH is 1. The molecule has 15 heavy (non-hydrogen) atoms. The van der Waals surface area contributed by atoms with E-state index in [-0.39, 0.29) is 11.3 Å². The number of rotatable bonds is 4. The Morgan fingerprint density at radius 3 is 2.60 bits per heavy atom. The van der Waals surface area contributed by atoms with Gasteiger partial charge in [-0.2, -0.15) is 0 Å². The molecule has 0 aliphatic heterocycles. The second kappa shape index (κ2) is 4.52. The summed E-state index contributed by atoms with van der Waals surface area (Å²) in [6.45, 7) is 0. The first-order valence-corrected chi connectivity index (χ1v) is 4.15. The minimum Gasteiger partial charge on any atom is -0.481 e. The fraction of sp³-hybridized carbons (Fsp3) is 0.222. The zero-order valence-electron chi connectivity index (χ0n) is 7.66. The van der Waals surface area contributed by atoms with Crippen molar-refractivity contribution in [3.05, 3.63) is 39.9 Å². The molecule has 0 amide bonds. The van der Waals surface area contributed by atoms with Crippen molar-refractivity contribution in [2.45, 2.75) is 12.5 Å². The standard InChI is InChI=1S/C9H9NO5/c11-8(5-9(12)13)6-3-1-2-4-7(6)10(14)15/h1-4,8,11H,5H2,(H,12,13)/t8-/m0/s1. The van der Waals surface area contributed by atoms with Gasteiger partial charge in [0.1, 0.15) is 0 Å². The largest absolute Gasteiger partial charge is 0.481 e. The first-order chi connectivity index (χ1) is 7.02. The van der Waals surface area contributed by atoms with Crippen LogP contribution in [0.15, 0.2) is 24.3 Å².